The van der Waals surface area contributed by atoms with Crippen LogP contribution in [0.3, 0.4) is 0 Å². The number of nitrogens with two attached hydrogens (primary N) is 1. The minimum absolute atomic E-state index is 0.290. The van der Waals surface area contributed by atoms with E-state index >= 15 is 0 Å². The van der Waals surface area contributed by atoms with Gasteiger partial charge < -0.3 is 10.5 Å². The van der Waals surface area contributed by atoms with Crippen molar-refractivity contribution >= 4 is 0 Å². The average Bonchev–Trinajstić information content (AvgIpc) is 2.22. The monoisotopic (exact) mass is 221 g/mol. The molecule has 1 aromatic carbocycles. The van der Waals surface area contributed by atoms with Crippen molar-refractivity contribution in [2.45, 2.75) is 33.2 Å². The SMILES string of the molecule is COCC(C)C(C)(N)c1cc(C)ccc1C. The van der Waals surface area contributed by atoms with E-state index < -0.39 is 0 Å². The summed E-state index contributed by atoms with van der Waals surface area (Å²) in [4.78, 5) is 0. The highest BCUT2D eigenvalue weighted by Crippen LogP contribution is 2.29. The quantitative estimate of drug-likeness (QED) is 0.848. The van der Waals surface area contributed by atoms with E-state index in [9.17, 15) is 0 Å². The van der Waals surface area contributed by atoms with Crippen molar-refractivity contribution in [1.29, 1.82) is 0 Å². The maximum atomic E-state index is 6.46. The predicted octanol–water partition coefficient (Wildman–Crippen LogP) is 2.76. The third-order valence-electron chi connectivity index (χ3n) is 3.41. The van der Waals surface area contributed by atoms with Crippen molar-refractivity contribution in [1.82, 2.24) is 0 Å². The summed E-state index contributed by atoms with van der Waals surface area (Å²) < 4.78 is 5.20. The molecule has 2 unspecified atom stereocenters. The van der Waals surface area contributed by atoms with Gasteiger partial charge in [-0.15, -0.1) is 0 Å². The lowest BCUT2D eigenvalue weighted by Gasteiger charge is -2.33. The van der Waals surface area contributed by atoms with Crippen molar-refractivity contribution < 1.29 is 4.74 Å². The number of hydrogen-bond donors (Lipinski definition) is 1. The lowest BCUT2D eigenvalue weighted by atomic mass is 9.79. The van der Waals surface area contributed by atoms with E-state index in [2.05, 4.69) is 45.9 Å². The maximum Gasteiger partial charge on any atom is 0.0508 e. The molecule has 1 rings (SSSR count). The van der Waals surface area contributed by atoms with Crippen LogP contribution in [-0.2, 0) is 10.3 Å². The summed E-state index contributed by atoms with van der Waals surface area (Å²) in [7, 11) is 1.72. The van der Waals surface area contributed by atoms with Crippen LogP contribution < -0.4 is 5.73 Å². The van der Waals surface area contributed by atoms with Gasteiger partial charge >= 0.3 is 0 Å². The Labute approximate surface area is 98.8 Å². The van der Waals surface area contributed by atoms with Gasteiger partial charge in [0.05, 0.1) is 6.61 Å². The molecule has 90 valence electrons. The number of rotatable bonds is 4. The summed E-state index contributed by atoms with van der Waals surface area (Å²) in [5.74, 6) is 0.290. The molecule has 2 heteroatoms. The second-order valence-corrected chi connectivity index (χ2v) is 4.96. The standard InChI is InChI=1S/C14H23NO/c1-10-6-7-11(2)13(8-10)14(4,15)12(3)9-16-5/h6-8,12H,9,15H2,1-5H3. The zero-order valence-corrected chi connectivity index (χ0v) is 11.0. The van der Waals surface area contributed by atoms with Crippen LogP contribution in [-0.4, -0.2) is 13.7 Å². The molecule has 1 aromatic rings. The molecule has 0 aliphatic carbocycles. The number of methoxy groups -OCH3 is 1. The highest BCUT2D eigenvalue weighted by atomic mass is 16.5. The molecule has 0 saturated carbocycles. The van der Waals surface area contributed by atoms with Crippen molar-refractivity contribution in [3.8, 4) is 0 Å². The second kappa shape index (κ2) is 4.98. The molecule has 0 heterocycles. The number of ether oxygens (including phenoxy) is 1. The van der Waals surface area contributed by atoms with E-state index in [4.69, 9.17) is 10.5 Å². The Morgan fingerprint density at radius 2 is 2.00 bits per heavy atom. The average molecular weight is 221 g/mol. The maximum absolute atomic E-state index is 6.46. The van der Waals surface area contributed by atoms with Crippen LogP contribution in [0, 0.1) is 19.8 Å². The molecule has 0 bridgehead atoms. The molecular formula is C14H23NO. The summed E-state index contributed by atoms with van der Waals surface area (Å²) in [6.07, 6.45) is 0. The Hall–Kier alpha value is -0.860. The molecule has 0 aliphatic heterocycles. The van der Waals surface area contributed by atoms with Gasteiger partial charge in [-0.1, -0.05) is 30.7 Å². The molecule has 16 heavy (non-hydrogen) atoms. The first-order valence-corrected chi connectivity index (χ1v) is 5.75. The molecule has 2 atom stereocenters. The van der Waals surface area contributed by atoms with E-state index in [1.165, 1.54) is 16.7 Å². The van der Waals surface area contributed by atoms with Crippen LogP contribution in [0.5, 0.6) is 0 Å². The minimum Gasteiger partial charge on any atom is -0.384 e. The van der Waals surface area contributed by atoms with Crippen LogP contribution in [0.4, 0.5) is 0 Å². The van der Waals surface area contributed by atoms with Gasteiger partial charge in [0.25, 0.3) is 0 Å². The second-order valence-electron chi connectivity index (χ2n) is 4.96. The topological polar surface area (TPSA) is 35.2 Å². The van der Waals surface area contributed by atoms with Gasteiger partial charge in [0.15, 0.2) is 0 Å². The van der Waals surface area contributed by atoms with E-state index in [1.807, 2.05) is 0 Å². The van der Waals surface area contributed by atoms with Gasteiger partial charge in [0.2, 0.25) is 0 Å². The van der Waals surface area contributed by atoms with Gasteiger partial charge in [0, 0.05) is 18.6 Å². The molecule has 0 amide bonds. The van der Waals surface area contributed by atoms with Gasteiger partial charge in [-0.25, -0.2) is 0 Å². The lowest BCUT2D eigenvalue weighted by Crippen LogP contribution is -2.42. The molecule has 0 saturated heterocycles. The van der Waals surface area contributed by atoms with Gasteiger partial charge in [-0.05, 0) is 31.9 Å². The van der Waals surface area contributed by atoms with E-state index in [0.29, 0.717) is 6.61 Å². The third-order valence-corrected chi connectivity index (χ3v) is 3.41. The van der Waals surface area contributed by atoms with Gasteiger partial charge in [-0.2, -0.15) is 0 Å². The number of hydrogen-bond acceptors (Lipinski definition) is 2. The highest BCUT2D eigenvalue weighted by Gasteiger charge is 2.29. The highest BCUT2D eigenvalue weighted by molar-refractivity contribution is 5.36. The first-order valence-electron chi connectivity index (χ1n) is 5.75. The Kier molecular flexibility index (Phi) is 4.11. The Bertz CT molecular complexity index is 358. The van der Waals surface area contributed by atoms with Crippen LogP contribution in [0.1, 0.15) is 30.5 Å². The van der Waals surface area contributed by atoms with Gasteiger partial charge in [0.1, 0.15) is 0 Å². The smallest absolute Gasteiger partial charge is 0.0508 e. The fraction of sp³-hybridized carbons (Fsp3) is 0.571. The minimum atomic E-state index is -0.341. The van der Waals surface area contributed by atoms with Crippen molar-refractivity contribution in [3.63, 3.8) is 0 Å². The summed E-state index contributed by atoms with van der Waals surface area (Å²) in [5, 5.41) is 0. The van der Waals surface area contributed by atoms with Crippen molar-refractivity contribution in [2.75, 3.05) is 13.7 Å². The molecule has 0 aromatic heterocycles. The molecular weight excluding hydrogens is 198 g/mol. The van der Waals surface area contributed by atoms with Crippen LogP contribution in [0.2, 0.25) is 0 Å². The molecule has 0 spiro atoms. The molecule has 2 N–H and O–H groups in total. The van der Waals surface area contributed by atoms with Crippen molar-refractivity contribution in [2.24, 2.45) is 11.7 Å². The normalized spacial score (nSPS) is 16.9. The molecule has 0 radical (unpaired) electrons. The summed E-state index contributed by atoms with van der Waals surface area (Å²) >= 11 is 0. The number of benzene rings is 1. The lowest BCUT2D eigenvalue weighted by molar-refractivity contribution is 0.120. The summed E-state index contributed by atoms with van der Waals surface area (Å²) in [5.41, 5.74) is 9.84. The van der Waals surface area contributed by atoms with Crippen LogP contribution in [0.15, 0.2) is 18.2 Å². The Morgan fingerprint density at radius 3 is 2.56 bits per heavy atom. The van der Waals surface area contributed by atoms with E-state index in [1.54, 1.807) is 7.11 Å². The number of aryl methyl sites for hydroxylation is 2. The van der Waals surface area contributed by atoms with Crippen LogP contribution >= 0.6 is 0 Å². The molecule has 2 nitrogen and oxygen atoms in total. The fourth-order valence-electron chi connectivity index (χ4n) is 2.00. The zero-order valence-electron chi connectivity index (χ0n) is 11.0. The van der Waals surface area contributed by atoms with E-state index in [-0.39, 0.29) is 11.5 Å². The largest absolute Gasteiger partial charge is 0.384 e. The van der Waals surface area contributed by atoms with E-state index in [0.717, 1.165) is 0 Å². The Morgan fingerprint density at radius 1 is 1.38 bits per heavy atom. The molecule has 0 aliphatic rings. The summed E-state index contributed by atoms with van der Waals surface area (Å²) in [6, 6.07) is 6.44. The summed E-state index contributed by atoms with van der Waals surface area (Å²) in [6.45, 7) is 9.10. The Balaban J connectivity index is 3.10. The van der Waals surface area contributed by atoms with Crippen molar-refractivity contribution in [3.05, 3.63) is 34.9 Å². The predicted molar refractivity (Wildman–Crippen MR) is 68.5 cm³/mol. The fourth-order valence-corrected chi connectivity index (χ4v) is 2.00. The van der Waals surface area contributed by atoms with Crippen LogP contribution in [0.25, 0.3) is 0 Å². The first kappa shape index (κ1) is 13.2. The van der Waals surface area contributed by atoms with Gasteiger partial charge in [-0.3, -0.25) is 0 Å². The third kappa shape index (κ3) is 2.63. The molecule has 0 fully saturated rings. The zero-order chi connectivity index (χ0) is 12.3. The first-order chi connectivity index (χ1) is 7.39.